The second-order valence-electron chi connectivity index (χ2n) is 6.26. The van der Waals surface area contributed by atoms with Crippen molar-refractivity contribution in [2.75, 3.05) is 26.8 Å². The Morgan fingerprint density at radius 2 is 1.95 bits per heavy atom. The van der Waals surface area contributed by atoms with Gasteiger partial charge in [0.15, 0.2) is 0 Å². The molecule has 0 heterocycles. The zero-order valence-corrected chi connectivity index (χ0v) is 13.2. The van der Waals surface area contributed by atoms with E-state index in [1.54, 1.807) is 7.11 Å². The molecule has 0 bridgehead atoms. The molecule has 2 heteroatoms. The molecule has 0 radical (unpaired) electrons. The molecule has 0 atom stereocenters. The normalized spacial score (nSPS) is 11.8. The summed E-state index contributed by atoms with van der Waals surface area (Å²) in [7, 11) is 1.74. The first kappa shape index (κ1) is 16.2. The van der Waals surface area contributed by atoms with E-state index in [1.807, 2.05) is 0 Å². The van der Waals surface area contributed by atoms with Crippen LogP contribution < -0.4 is 5.32 Å². The maximum Gasteiger partial charge on any atom is 0.0587 e. The first-order chi connectivity index (χ1) is 8.94. The molecule has 0 saturated heterocycles. The van der Waals surface area contributed by atoms with Crippen molar-refractivity contribution < 1.29 is 4.74 Å². The maximum atomic E-state index is 5.05. The van der Waals surface area contributed by atoms with Gasteiger partial charge in [0, 0.05) is 20.2 Å². The van der Waals surface area contributed by atoms with Crippen LogP contribution in [0, 0.1) is 19.3 Å². The number of aryl methyl sites for hydroxylation is 3. The molecular formula is C17H29NO. The number of rotatable bonds is 8. The third kappa shape index (κ3) is 6.22. The van der Waals surface area contributed by atoms with Gasteiger partial charge < -0.3 is 10.1 Å². The molecule has 0 fully saturated rings. The van der Waals surface area contributed by atoms with Gasteiger partial charge in [-0.15, -0.1) is 0 Å². The number of hydrogen-bond donors (Lipinski definition) is 1. The van der Waals surface area contributed by atoms with Gasteiger partial charge in [-0.25, -0.2) is 0 Å². The minimum Gasteiger partial charge on any atom is -0.383 e. The predicted octanol–water partition coefficient (Wildman–Crippen LogP) is 3.50. The fourth-order valence-electron chi connectivity index (χ4n) is 2.29. The van der Waals surface area contributed by atoms with Crippen LogP contribution in [-0.4, -0.2) is 26.8 Å². The summed E-state index contributed by atoms with van der Waals surface area (Å²) < 4.78 is 5.05. The highest BCUT2D eigenvalue weighted by molar-refractivity contribution is 5.30. The molecule has 0 aromatic heterocycles. The molecule has 1 aromatic rings. The summed E-state index contributed by atoms with van der Waals surface area (Å²) in [5.41, 5.74) is 4.57. The lowest BCUT2D eigenvalue weighted by Crippen LogP contribution is -2.32. The molecule has 0 aliphatic rings. The highest BCUT2D eigenvalue weighted by Gasteiger charge is 2.17. The Labute approximate surface area is 118 Å². The van der Waals surface area contributed by atoms with Crippen molar-refractivity contribution in [1.82, 2.24) is 5.32 Å². The van der Waals surface area contributed by atoms with Gasteiger partial charge in [0.05, 0.1) is 6.61 Å². The average Bonchev–Trinajstić information content (AvgIpc) is 2.34. The fourth-order valence-corrected chi connectivity index (χ4v) is 2.29. The van der Waals surface area contributed by atoms with E-state index in [0.717, 1.165) is 26.1 Å². The third-order valence-corrected chi connectivity index (χ3v) is 3.66. The molecule has 1 aromatic carbocycles. The van der Waals surface area contributed by atoms with Crippen molar-refractivity contribution in [3.63, 3.8) is 0 Å². The van der Waals surface area contributed by atoms with Crippen molar-refractivity contribution >= 4 is 0 Å². The average molecular weight is 263 g/mol. The van der Waals surface area contributed by atoms with Crippen LogP contribution in [-0.2, 0) is 11.2 Å². The molecule has 1 N–H and O–H groups in total. The van der Waals surface area contributed by atoms with Gasteiger partial charge >= 0.3 is 0 Å². The summed E-state index contributed by atoms with van der Waals surface area (Å²) in [5, 5.41) is 3.46. The summed E-state index contributed by atoms with van der Waals surface area (Å²) in [6.45, 7) is 11.8. The topological polar surface area (TPSA) is 21.3 Å². The molecule has 0 amide bonds. The Kier molecular flexibility index (Phi) is 6.53. The second-order valence-corrected chi connectivity index (χ2v) is 6.26. The van der Waals surface area contributed by atoms with Crippen molar-refractivity contribution in [1.29, 1.82) is 0 Å². The largest absolute Gasteiger partial charge is 0.383 e. The van der Waals surface area contributed by atoms with E-state index in [0.29, 0.717) is 5.41 Å². The van der Waals surface area contributed by atoms with E-state index in [4.69, 9.17) is 4.74 Å². The number of benzene rings is 1. The quantitative estimate of drug-likeness (QED) is 0.725. The van der Waals surface area contributed by atoms with Crippen LogP contribution in [0.15, 0.2) is 18.2 Å². The first-order valence-corrected chi connectivity index (χ1v) is 7.20. The second kappa shape index (κ2) is 7.66. The Morgan fingerprint density at radius 3 is 2.58 bits per heavy atom. The smallest absolute Gasteiger partial charge is 0.0587 e. The van der Waals surface area contributed by atoms with E-state index in [1.165, 1.54) is 23.1 Å². The molecule has 0 saturated carbocycles. The standard InChI is InChI=1S/C17H29NO/c1-14-6-7-16(15(2)12-14)8-9-17(3,4)13-18-10-11-19-5/h6-7,12,18H,8-11,13H2,1-5H3. The number of ether oxygens (including phenoxy) is 1. The summed E-state index contributed by atoms with van der Waals surface area (Å²) in [6.07, 6.45) is 2.36. The Hall–Kier alpha value is -0.860. The van der Waals surface area contributed by atoms with Crippen LogP contribution in [0.5, 0.6) is 0 Å². The molecule has 108 valence electrons. The number of nitrogens with one attached hydrogen (secondary N) is 1. The van der Waals surface area contributed by atoms with Gasteiger partial charge in [-0.05, 0) is 43.2 Å². The molecular weight excluding hydrogens is 234 g/mol. The van der Waals surface area contributed by atoms with Gasteiger partial charge in [-0.2, -0.15) is 0 Å². The van der Waals surface area contributed by atoms with Gasteiger partial charge in [0.1, 0.15) is 0 Å². The SMILES string of the molecule is COCCNCC(C)(C)CCc1ccc(C)cc1C. The summed E-state index contributed by atoms with van der Waals surface area (Å²) in [6, 6.07) is 6.77. The molecule has 0 unspecified atom stereocenters. The minimum atomic E-state index is 0.324. The van der Waals surface area contributed by atoms with Gasteiger partial charge in [-0.1, -0.05) is 37.6 Å². The summed E-state index contributed by atoms with van der Waals surface area (Å²) in [4.78, 5) is 0. The maximum absolute atomic E-state index is 5.05. The van der Waals surface area contributed by atoms with Crippen LogP contribution >= 0.6 is 0 Å². The number of methoxy groups -OCH3 is 1. The summed E-state index contributed by atoms with van der Waals surface area (Å²) in [5.74, 6) is 0. The minimum absolute atomic E-state index is 0.324. The number of hydrogen-bond acceptors (Lipinski definition) is 2. The first-order valence-electron chi connectivity index (χ1n) is 7.20. The van der Waals surface area contributed by atoms with Crippen molar-refractivity contribution in [2.45, 2.75) is 40.5 Å². The van der Waals surface area contributed by atoms with Crippen LogP contribution in [0.25, 0.3) is 0 Å². The Morgan fingerprint density at radius 1 is 1.21 bits per heavy atom. The molecule has 0 aliphatic heterocycles. The molecule has 1 rings (SSSR count). The van der Waals surface area contributed by atoms with E-state index < -0.39 is 0 Å². The lowest BCUT2D eigenvalue weighted by Gasteiger charge is -2.25. The van der Waals surface area contributed by atoms with Gasteiger partial charge in [0.25, 0.3) is 0 Å². The Bertz CT molecular complexity index is 385. The fraction of sp³-hybridized carbons (Fsp3) is 0.647. The van der Waals surface area contributed by atoms with Crippen LogP contribution in [0.2, 0.25) is 0 Å². The van der Waals surface area contributed by atoms with Gasteiger partial charge in [0.2, 0.25) is 0 Å². The van der Waals surface area contributed by atoms with E-state index in [-0.39, 0.29) is 0 Å². The molecule has 0 aliphatic carbocycles. The zero-order valence-electron chi connectivity index (χ0n) is 13.2. The van der Waals surface area contributed by atoms with Gasteiger partial charge in [-0.3, -0.25) is 0 Å². The van der Waals surface area contributed by atoms with Crippen LogP contribution in [0.4, 0.5) is 0 Å². The van der Waals surface area contributed by atoms with E-state index >= 15 is 0 Å². The van der Waals surface area contributed by atoms with Crippen molar-refractivity contribution in [3.8, 4) is 0 Å². The summed E-state index contributed by atoms with van der Waals surface area (Å²) >= 11 is 0. The van der Waals surface area contributed by atoms with Crippen molar-refractivity contribution in [2.24, 2.45) is 5.41 Å². The molecule has 0 spiro atoms. The predicted molar refractivity (Wildman–Crippen MR) is 82.8 cm³/mol. The van der Waals surface area contributed by atoms with E-state index in [9.17, 15) is 0 Å². The highest BCUT2D eigenvalue weighted by atomic mass is 16.5. The lowest BCUT2D eigenvalue weighted by atomic mass is 9.85. The monoisotopic (exact) mass is 263 g/mol. The third-order valence-electron chi connectivity index (χ3n) is 3.66. The van der Waals surface area contributed by atoms with Crippen LogP contribution in [0.3, 0.4) is 0 Å². The van der Waals surface area contributed by atoms with Crippen LogP contribution in [0.1, 0.15) is 37.0 Å². The molecule has 19 heavy (non-hydrogen) atoms. The Balaban J connectivity index is 2.41. The molecule has 2 nitrogen and oxygen atoms in total. The van der Waals surface area contributed by atoms with Crippen molar-refractivity contribution in [3.05, 3.63) is 34.9 Å². The lowest BCUT2D eigenvalue weighted by molar-refractivity contribution is 0.193. The zero-order chi connectivity index (χ0) is 14.3. The van der Waals surface area contributed by atoms with E-state index in [2.05, 4.69) is 51.2 Å². The highest BCUT2D eigenvalue weighted by Crippen LogP contribution is 2.23.